The molecule has 0 spiro atoms. The van der Waals surface area contributed by atoms with Crippen molar-refractivity contribution in [2.75, 3.05) is 19.0 Å². The Labute approximate surface area is 203 Å². The van der Waals surface area contributed by atoms with E-state index in [9.17, 15) is 9.59 Å². The van der Waals surface area contributed by atoms with E-state index in [0.717, 1.165) is 42.1 Å². The average molecular weight is 472 g/mol. The molecule has 1 N–H and O–H groups in total. The number of carbonyl (C=O) groups is 1. The number of nitrogens with one attached hydrogen (secondary N) is 1. The fraction of sp³-hybridized carbons (Fsp3) is 0.296. The van der Waals surface area contributed by atoms with Gasteiger partial charge in [0.05, 0.1) is 18.9 Å². The first-order valence-electron chi connectivity index (χ1n) is 11.8. The lowest BCUT2D eigenvalue weighted by Gasteiger charge is -2.30. The minimum Gasteiger partial charge on any atom is -0.497 e. The fourth-order valence-corrected chi connectivity index (χ4v) is 4.76. The Bertz CT molecular complexity index is 1440. The molecule has 0 atom stereocenters. The first-order valence-corrected chi connectivity index (χ1v) is 11.8. The highest BCUT2D eigenvalue weighted by Gasteiger charge is 2.27. The Kier molecular flexibility index (Phi) is 6.13. The van der Waals surface area contributed by atoms with Crippen LogP contribution in [0.4, 0.5) is 5.69 Å². The van der Waals surface area contributed by atoms with E-state index >= 15 is 0 Å². The van der Waals surface area contributed by atoms with Gasteiger partial charge in [0, 0.05) is 44.0 Å². The summed E-state index contributed by atoms with van der Waals surface area (Å²) >= 11 is 0. The maximum absolute atomic E-state index is 13.5. The lowest BCUT2D eigenvalue weighted by atomic mass is 10.0. The molecule has 0 saturated carbocycles. The first kappa shape index (κ1) is 22.9. The summed E-state index contributed by atoms with van der Waals surface area (Å²) in [6.45, 7) is 6.78. The molecule has 0 aliphatic carbocycles. The molecule has 35 heavy (non-hydrogen) atoms. The Hall–Kier alpha value is -3.91. The van der Waals surface area contributed by atoms with Crippen LogP contribution >= 0.6 is 0 Å². The van der Waals surface area contributed by atoms with Crippen molar-refractivity contribution >= 4 is 17.2 Å². The molecule has 2 aromatic heterocycles. The molecule has 2 aromatic carbocycles. The molecule has 0 radical (unpaired) electrons. The quantitative estimate of drug-likeness (QED) is 0.464. The topological polar surface area (TPSA) is 80.9 Å². The molecule has 1 aliphatic rings. The van der Waals surface area contributed by atoms with Crippen molar-refractivity contribution in [3.05, 3.63) is 93.0 Å². The Morgan fingerprint density at radius 1 is 1.11 bits per heavy atom. The zero-order chi connectivity index (χ0) is 24.5. The SMILES string of the molecule is CCn1c2c(c(=O)n3ncc(C(=O)Nc4ccc(C)cc4)c13)CN(Cc1ccc(OC)cc1)CC2. The van der Waals surface area contributed by atoms with Crippen LogP contribution in [-0.4, -0.2) is 38.6 Å². The van der Waals surface area contributed by atoms with Gasteiger partial charge in [0.1, 0.15) is 11.3 Å². The summed E-state index contributed by atoms with van der Waals surface area (Å²) in [4.78, 5) is 28.9. The van der Waals surface area contributed by atoms with Crippen LogP contribution < -0.4 is 15.6 Å². The number of aromatic nitrogens is 3. The van der Waals surface area contributed by atoms with Crippen molar-refractivity contribution in [3.63, 3.8) is 0 Å². The summed E-state index contributed by atoms with van der Waals surface area (Å²) < 4.78 is 8.69. The van der Waals surface area contributed by atoms with E-state index < -0.39 is 0 Å². The molecule has 0 fully saturated rings. The van der Waals surface area contributed by atoms with Gasteiger partial charge in [0.2, 0.25) is 0 Å². The molecule has 4 aromatic rings. The van der Waals surface area contributed by atoms with Crippen LogP contribution in [0.5, 0.6) is 5.75 Å². The van der Waals surface area contributed by atoms with Crippen molar-refractivity contribution < 1.29 is 9.53 Å². The number of ether oxygens (including phenoxy) is 1. The second kappa shape index (κ2) is 9.38. The largest absolute Gasteiger partial charge is 0.497 e. The monoisotopic (exact) mass is 471 g/mol. The van der Waals surface area contributed by atoms with Gasteiger partial charge in [0.25, 0.3) is 11.5 Å². The molecule has 5 rings (SSSR count). The Morgan fingerprint density at radius 2 is 1.86 bits per heavy atom. The van der Waals surface area contributed by atoms with Gasteiger partial charge >= 0.3 is 0 Å². The lowest BCUT2D eigenvalue weighted by Crippen LogP contribution is -2.38. The predicted octanol–water partition coefficient (Wildman–Crippen LogP) is 3.64. The van der Waals surface area contributed by atoms with Gasteiger partial charge in [-0.05, 0) is 43.7 Å². The number of anilines is 1. The van der Waals surface area contributed by atoms with Gasteiger partial charge in [0.15, 0.2) is 5.65 Å². The molecule has 0 unspecified atom stereocenters. The predicted molar refractivity (Wildman–Crippen MR) is 135 cm³/mol. The molecular formula is C27H29N5O3. The number of benzene rings is 2. The summed E-state index contributed by atoms with van der Waals surface area (Å²) in [5, 5.41) is 7.26. The smallest absolute Gasteiger partial charge is 0.279 e. The van der Waals surface area contributed by atoms with Crippen molar-refractivity contribution in [1.82, 2.24) is 19.1 Å². The Balaban J connectivity index is 1.46. The molecule has 8 heteroatoms. The van der Waals surface area contributed by atoms with Gasteiger partial charge in [-0.1, -0.05) is 29.8 Å². The number of hydrogen-bond donors (Lipinski definition) is 1. The minimum atomic E-state index is -0.276. The molecule has 8 nitrogen and oxygen atoms in total. The van der Waals surface area contributed by atoms with E-state index in [4.69, 9.17) is 4.74 Å². The third-order valence-electron chi connectivity index (χ3n) is 6.61. The maximum atomic E-state index is 13.5. The van der Waals surface area contributed by atoms with E-state index in [-0.39, 0.29) is 11.5 Å². The van der Waals surface area contributed by atoms with Gasteiger partial charge in [-0.2, -0.15) is 9.61 Å². The molecule has 1 aliphatic heterocycles. The van der Waals surface area contributed by atoms with Gasteiger partial charge in [-0.3, -0.25) is 14.5 Å². The first-order chi connectivity index (χ1) is 17.0. The van der Waals surface area contributed by atoms with Gasteiger partial charge in [-0.25, -0.2) is 0 Å². The van der Waals surface area contributed by atoms with Crippen molar-refractivity contribution in [1.29, 1.82) is 0 Å². The fourth-order valence-electron chi connectivity index (χ4n) is 4.76. The van der Waals surface area contributed by atoms with E-state index in [1.165, 1.54) is 16.3 Å². The number of aryl methyl sites for hydroxylation is 2. The highest BCUT2D eigenvalue weighted by molar-refractivity contribution is 6.08. The standard InChI is InChI=1S/C27H29N5O3/c1-4-31-24-13-14-30(16-19-7-11-21(35-3)12-8-19)17-23(24)27(34)32-26(31)22(15-28-32)25(33)29-20-9-5-18(2)6-10-20/h5-12,15H,4,13-14,16-17H2,1-3H3,(H,29,33). The number of nitrogens with zero attached hydrogens (tertiary/aromatic N) is 4. The summed E-state index contributed by atoms with van der Waals surface area (Å²) in [6.07, 6.45) is 2.22. The van der Waals surface area contributed by atoms with Crippen LogP contribution in [0.3, 0.4) is 0 Å². The average Bonchev–Trinajstić information content (AvgIpc) is 3.32. The third kappa shape index (κ3) is 4.33. The zero-order valence-electron chi connectivity index (χ0n) is 20.2. The second-order valence-corrected chi connectivity index (χ2v) is 8.90. The normalized spacial score (nSPS) is 13.6. The number of rotatable bonds is 6. The second-order valence-electron chi connectivity index (χ2n) is 8.90. The van der Waals surface area contributed by atoms with Crippen molar-refractivity contribution in [2.45, 2.75) is 39.9 Å². The van der Waals surface area contributed by atoms with E-state index in [0.29, 0.717) is 30.0 Å². The molecule has 1 amide bonds. The highest BCUT2D eigenvalue weighted by Crippen LogP contribution is 2.23. The molecule has 0 bridgehead atoms. The highest BCUT2D eigenvalue weighted by atomic mass is 16.5. The van der Waals surface area contributed by atoms with Crippen molar-refractivity contribution in [3.8, 4) is 5.75 Å². The summed E-state index contributed by atoms with van der Waals surface area (Å²) in [5.41, 5.74) is 5.50. The Morgan fingerprint density at radius 3 is 2.54 bits per heavy atom. The van der Waals surface area contributed by atoms with Crippen LogP contribution in [0.1, 0.15) is 39.7 Å². The maximum Gasteiger partial charge on any atom is 0.279 e. The minimum absolute atomic E-state index is 0.159. The van der Waals surface area contributed by atoms with Gasteiger partial charge < -0.3 is 14.6 Å². The number of fused-ring (bicyclic) bond motifs is 2. The van der Waals surface area contributed by atoms with Crippen LogP contribution in [0, 0.1) is 6.92 Å². The molecular weight excluding hydrogens is 442 g/mol. The molecule has 3 heterocycles. The van der Waals surface area contributed by atoms with E-state index in [1.54, 1.807) is 7.11 Å². The molecule has 0 saturated heterocycles. The number of methoxy groups -OCH3 is 1. The lowest BCUT2D eigenvalue weighted by molar-refractivity contribution is 0.102. The molecule has 180 valence electrons. The van der Waals surface area contributed by atoms with Crippen molar-refractivity contribution in [2.24, 2.45) is 0 Å². The van der Waals surface area contributed by atoms with Crippen LogP contribution in [-0.2, 0) is 26.1 Å². The van der Waals surface area contributed by atoms with Gasteiger partial charge in [-0.15, -0.1) is 0 Å². The van der Waals surface area contributed by atoms with Crippen LogP contribution in [0.15, 0.2) is 59.5 Å². The summed E-state index contributed by atoms with van der Waals surface area (Å²) in [7, 11) is 1.66. The third-order valence-corrected chi connectivity index (χ3v) is 6.61. The number of hydrogen-bond acceptors (Lipinski definition) is 5. The number of carbonyl (C=O) groups excluding carboxylic acids is 1. The van der Waals surface area contributed by atoms with E-state index in [2.05, 4.69) is 19.9 Å². The summed E-state index contributed by atoms with van der Waals surface area (Å²) in [6, 6.07) is 15.6. The zero-order valence-corrected chi connectivity index (χ0v) is 20.2. The van der Waals surface area contributed by atoms with E-state index in [1.807, 2.05) is 62.4 Å². The summed E-state index contributed by atoms with van der Waals surface area (Å²) in [5.74, 6) is 0.550. The van der Waals surface area contributed by atoms with Crippen LogP contribution in [0.2, 0.25) is 0 Å². The van der Waals surface area contributed by atoms with Crippen LogP contribution in [0.25, 0.3) is 5.65 Å². The number of amides is 1.